The predicted molar refractivity (Wildman–Crippen MR) is 68.8 cm³/mol. The molecule has 4 amide bonds. The first kappa shape index (κ1) is 14.3. The summed E-state index contributed by atoms with van der Waals surface area (Å²) in [6.07, 6.45) is 0. The Kier molecular flexibility index (Phi) is 3.74. The molecule has 1 heterocycles. The summed E-state index contributed by atoms with van der Waals surface area (Å²) >= 11 is 0. The van der Waals surface area contributed by atoms with Crippen molar-refractivity contribution < 1.29 is 29.4 Å². The molecule has 0 unspecified atom stereocenters. The Balaban J connectivity index is 2.12. The summed E-state index contributed by atoms with van der Waals surface area (Å²) in [6, 6.07) is 2.76. The normalized spacial score (nSPS) is 14.6. The third-order valence-corrected chi connectivity index (χ3v) is 2.71. The fourth-order valence-electron chi connectivity index (χ4n) is 1.77. The Morgan fingerprint density at radius 2 is 1.81 bits per heavy atom. The number of hydrogen-bond acceptors (Lipinski definition) is 5. The number of rotatable bonds is 2. The topological polar surface area (TPSA) is 136 Å². The lowest BCUT2D eigenvalue weighted by molar-refractivity contribution is -0.134. The molecule has 0 aromatic heterocycles. The fourth-order valence-corrected chi connectivity index (χ4v) is 1.77. The predicted octanol–water partition coefficient (Wildman–Crippen LogP) is -0.419. The first-order valence-electron chi connectivity index (χ1n) is 5.81. The number of phenols is 1. The molecule has 9 heteroatoms. The summed E-state index contributed by atoms with van der Waals surface area (Å²) in [5.41, 5.74) is -0.256. The van der Waals surface area contributed by atoms with Crippen molar-refractivity contribution in [2.75, 3.05) is 18.4 Å². The van der Waals surface area contributed by atoms with Crippen LogP contribution < -0.4 is 10.6 Å². The van der Waals surface area contributed by atoms with Gasteiger partial charge < -0.3 is 20.4 Å². The minimum Gasteiger partial charge on any atom is -0.507 e. The molecule has 1 aromatic rings. The maximum absolute atomic E-state index is 11.9. The van der Waals surface area contributed by atoms with Gasteiger partial charge in [0.2, 0.25) is 11.8 Å². The number of urea groups is 1. The number of carbonyl (C=O) groups excluding carboxylic acids is 3. The summed E-state index contributed by atoms with van der Waals surface area (Å²) in [5, 5.41) is 22.6. The average Bonchev–Trinajstić information content (AvgIpc) is 2.39. The number of aromatic carboxylic acids is 1. The fraction of sp³-hybridized carbons (Fsp3) is 0.167. The number of hydrogen-bond donors (Lipinski definition) is 4. The van der Waals surface area contributed by atoms with Gasteiger partial charge in [0.25, 0.3) is 0 Å². The maximum atomic E-state index is 11.9. The van der Waals surface area contributed by atoms with Gasteiger partial charge in [-0.15, -0.1) is 0 Å². The number of nitrogens with one attached hydrogen (secondary N) is 2. The van der Waals surface area contributed by atoms with Crippen LogP contribution in [0.1, 0.15) is 10.4 Å². The first-order valence-corrected chi connectivity index (χ1v) is 5.81. The second-order valence-corrected chi connectivity index (χ2v) is 4.29. The van der Waals surface area contributed by atoms with E-state index in [1.807, 2.05) is 5.32 Å². The molecular formula is C12H11N3O6. The summed E-state index contributed by atoms with van der Waals surface area (Å²) in [6.45, 7) is -0.553. The third-order valence-electron chi connectivity index (χ3n) is 2.71. The molecule has 1 fully saturated rings. The average molecular weight is 293 g/mol. The number of carboxylic acids is 1. The zero-order chi connectivity index (χ0) is 15.6. The van der Waals surface area contributed by atoms with Crippen molar-refractivity contribution in [1.29, 1.82) is 0 Å². The van der Waals surface area contributed by atoms with E-state index in [4.69, 9.17) is 5.11 Å². The Hall–Kier alpha value is -3.10. The molecule has 1 aliphatic heterocycles. The van der Waals surface area contributed by atoms with Crippen LogP contribution >= 0.6 is 0 Å². The van der Waals surface area contributed by atoms with E-state index in [1.54, 1.807) is 0 Å². The van der Waals surface area contributed by atoms with Gasteiger partial charge >= 0.3 is 12.0 Å². The van der Waals surface area contributed by atoms with Crippen molar-refractivity contribution in [1.82, 2.24) is 10.2 Å². The Labute approximate surface area is 118 Å². The van der Waals surface area contributed by atoms with E-state index >= 15 is 0 Å². The number of piperazine rings is 1. The van der Waals surface area contributed by atoms with Gasteiger partial charge in [0.15, 0.2) is 0 Å². The number of aromatic hydroxyl groups is 1. The molecule has 0 atom stereocenters. The number of carbonyl (C=O) groups is 4. The van der Waals surface area contributed by atoms with E-state index < -0.39 is 29.6 Å². The number of benzene rings is 1. The van der Waals surface area contributed by atoms with Gasteiger partial charge in [0.1, 0.15) is 24.4 Å². The molecule has 1 aromatic carbocycles. The van der Waals surface area contributed by atoms with Gasteiger partial charge in [0.05, 0.1) is 0 Å². The SMILES string of the molecule is O=C1CN(C(=O)Nc2ccc(O)c(C(=O)O)c2)CC(=O)N1. The lowest BCUT2D eigenvalue weighted by Gasteiger charge is -2.25. The highest BCUT2D eigenvalue weighted by Crippen LogP contribution is 2.21. The highest BCUT2D eigenvalue weighted by molar-refractivity contribution is 6.04. The van der Waals surface area contributed by atoms with Crippen molar-refractivity contribution in [3.63, 3.8) is 0 Å². The minimum absolute atomic E-state index is 0.119. The maximum Gasteiger partial charge on any atom is 0.339 e. The quantitative estimate of drug-likeness (QED) is 0.432. The molecule has 21 heavy (non-hydrogen) atoms. The molecular weight excluding hydrogens is 282 g/mol. The summed E-state index contributed by atoms with van der Waals surface area (Å²) in [5.74, 6) is -2.99. The van der Waals surface area contributed by atoms with E-state index in [9.17, 15) is 24.3 Å². The highest BCUT2D eigenvalue weighted by atomic mass is 16.4. The lowest BCUT2D eigenvalue weighted by atomic mass is 10.2. The van der Waals surface area contributed by atoms with Crippen molar-refractivity contribution in [3.05, 3.63) is 23.8 Å². The molecule has 0 saturated carbocycles. The Morgan fingerprint density at radius 1 is 1.19 bits per heavy atom. The van der Waals surface area contributed by atoms with Crippen LogP contribution in [0.4, 0.5) is 10.5 Å². The summed E-state index contributed by atoms with van der Waals surface area (Å²) < 4.78 is 0. The van der Waals surface area contributed by atoms with Gasteiger partial charge in [0, 0.05) is 5.69 Å². The molecule has 110 valence electrons. The van der Waals surface area contributed by atoms with Crippen LogP contribution in [0.5, 0.6) is 5.75 Å². The third kappa shape index (κ3) is 3.26. The van der Waals surface area contributed by atoms with Crippen LogP contribution in [0.15, 0.2) is 18.2 Å². The van der Waals surface area contributed by atoms with Gasteiger partial charge in [-0.1, -0.05) is 0 Å². The molecule has 1 saturated heterocycles. The van der Waals surface area contributed by atoms with Crippen LogP contribution in [0.2, 0.25) is 0 Å². The van der Waals surface area contributed by atoms with Crippen LogP contribution in [0, 0.1) is 0 Å². The number of imide groups is 1. The van der Waals surface area contributed by atoms with Crippen LogP contribution in [-0.4, -0.2) is 52.0 Å². The van der Waals surface area contributed by atoms with Gasteiger partial charge in [-0.3, -0.25) is 14.9 Å². The zero-order valence-corrected chi connectivity index (χ0v) is 10.6. The number of carboxylic acid groups (broad SMARTS) is 1. The second kappa shape index (κ2) is 5.49. The van der Waals surface area contributed by atoms with E-state index in [-0.39, 0.29) is 24.3 Å². The highest BCUT2D eigenvalue weighted by Gasteiger charge is 2.26. The molecule has 0 spiro atoms. The largest absolute Gasteiger partial charge is 0.507 e. The molecule has 4 N–H and O–H groups in total. The molecule has 0 radical (unpaired) electrons. The molecule has 9 nitrogen and oxygen atoms in total. The van der Waals surface area contributed by atoms with E-state index in [0.29, 0.717) is 0 Å². The van der Waals surface area contributed by atoms with E-state index in [2.05, 4.69) is 5.32 Å². The van der Waals surface area contributed by atoms with Crippen molar-refractivity contribution in [2.24, 2.45) is 0 Å². The summed E-state index contributed by atoms with van der Waals surface area (Å²) in [4.78, 5) is 46.1. The lowest BCUT2D eigenvalue weighted by Crippen LogP contribution is -2.54. The summed E-state index contributed by atoms with van der Waals surface area (Å²) in [7, 11) is 0. The van der Waals surface area contributed by atoms with E-state index in [0.717, 1.165) is 17.0 Å². The number of amides is 4. The smallest absolute Gasteiger partial charge is 0.339 e. The van der Waals surface area contributed by atoms with Crippen molar-refractivity contribution in [2.45, 2.75) is 0 Å². The van der Waals surface area contributed by atoms with Crippen molar-refractivity contribution in [3.8, 4) is 5.75 Å². The van der Waals surface area contributed by atoms with Crippen molar-refractivity contribution >= 4 is 29.5 Å². The zero-order valence-electron chi connectivity index (χ0n) is 10.6. The standard InChI is InChI=1S/C12H11N3O6/c16-8-2-1-6(3-7(8)11(19)20)13-12(21)15-4-9(17)14-10(18)5-15/h1-3,16H,4-5H2,(H,13,21)(H,19,20)(H,14,17,18). The molecule has 1 aliphatic rings. The molecule has 0 bridgehead atoms. The number of anilines is 1. The Bertz CT molecular complexity index is 626. The van der Waals surface area contributed by atoms with Gasteiger partial charge in [-0.05, 0) is 18.2 Å². The molecule has 0 aliphatic carbocycles. The molecule has 2 rings (SSSR count). The van der Waals surface area contributed by atoms with Gasteiger partial charge in [-0.2, -0.15) is 0 Å². The minimum atomic E-state index is -1.35. The van der Waals surface area contributed by atoms with Crippen LogP contribution in [-0.2, 0) is 9.59 Å². The van der Waals surface area contributed by atoms with E-state index in [1.165, 1.54) is 6.07 Å². The Morgan fingerprint density at radius 3 is 2.38 bits per heavy atom. The number of nitrogens with zero attached hydrogens (tertiary/aromatic N) is 1. The second-order valence-electron chi connectivity index (χ2n) is 4.29. The van der Waals surface area contributed by atoms with Gasteiger partial charge in [-0.25, -0.2) is 9.59 Å². The first-order chi connectivity index (χ1) is 9.86. The van der Waals surface area contributed by atoms with Crippen LogP contribution in [0.3, 0.4) is 0 Å². The van der Waals surface area contributed by atoms with Crippen LogP contribution in [0.25, 0.3) is 0 Å². The monoisotopic (exact) mass is 293 g/mol.